The molecule has 6 rings (SSSR count). The lowest BCUT2D eigenvalue weighted by Gasteiger charge is -2.12. The normalized spacial score (nSPS) is 10.8. The van der Waals surface area contributed by atoms with Gasteiger partial charge in [-0.15, -0.1) is 0 Å². The molecule has 0 unspecified atom stereocenters. The summed E-state index contributed by atoms with van der Waals surface area (Å²) < 4.78 is 1.96. The predicted molar refractivity (Wildman–Crippen MR) is 150 cm³/mol. The molecule has 1 amide bonds. The number of hydrogen-bond donors (Lipinski definition) is 2. The summed E-state index contributed by atoms with van der Waals surface area (Å²) >= 11 is 0. The van der Waals surface area contributed by atoms with Crippen molar-refractivity contribution >= 4 is 22.9 Å². The third-order valence-electron chi connectivity index (χ3n) is 6.29. The van der Waals surface area contributed by atoms with E-state index < -0.39 is 5.91 Å². The molecule has 6 aromatic rings. The number of carbonyl (C=O) groups excluding carboxylic acids is 1. The number of nitrogens with two attached hydrogens (primary N) is 1. The number of amides is 1. The Balaban J connectivity index is 1.36. The van der Waals surface area contributed by atoms with Gasteiger partial charge in [0.05, 0.1) is 11.3 Å². The molecule has 10 heteroatoms. The molecule has 0 aliphatic rings. The van der Waals surface area contributed by atoms with E-state index in [9.17, 15) is 4.79 Å². The number of pyridine rings is 2. The van der Waals surface area contributed by atoms with E-state index in [1.807, 2.05) is 89.5 Å². The summed E-state index contributed by atoms with van der Waals surface area (Å²) in [6.45, 7) is 0.272. The predicted octanol–water partition coefficient (Wildman–Crippen LogP) is 4.32. The second-order valence-corrected chi connectivity index (χ2v) is 8.84. The summed E-state index contributed by atoms with van der Waals surface area (Å²) in [5.74, 6) is 0.539. The molecule has 4 heterocycles. The number of rotatable bonds is 6. The van der Waals surface area contributed by atoms with Crippen molar-refractivity contribution in [2.75, 3.05) is 5.73 Å². The molecule has 0 aliphatic heterocycles. The fourth-order valence-electron chi connectivity index (χ4n) is 4.33. The van der Waals surface area contributed by atoms with Gasteiger partial charge in [-0.05, 0) is 48.0 Å². The van der Waals surface area contributed by atoms with E-state index in [0.717, 1.165) is 28.0 Å². The van der Waals surface area contributed by atoms with Crippen LogP contribution >= 0.6 is 0 Å². The first kappa shape index (κ1) is 24.4. The SMILES string of the molecule is N#Cc1nccc(C(=O)NCc2ccc(-n3c(-c4cccnc4N)nc4ccc(-c5ccccc5)nc43)cc2)n1. The van der Waals surface area contributed by atoms with E-state index in [1.165, 1.54) is 12.3 Å². The quantitative estimate of drug-likeness (QED) is 0.328. The number of aromatic nitrogens is 6. The van der Waals surface area contributed by atoms with Gasteiger partial charge in [-0.3, -0.25) is 9.36 Å². The highest BCUT2D eigenvalue weighted by molar-refractivity contribution is 5.92. The van der Waals surface area contributed by atoms with Crippen molar-refractivity contribution in [1.82, 2.24) is 34.8 Å². The highest BCUT2D eigenvalue weighted by Crippen LogP contribution is 2.31. The van der Waals surface area contributed by atoms with Crippen LogP contribution in [-0.2, 0) is 6.54 Å². The van der Waals surface area contributed by atoms with E-state index in [4.69, 9.17) is 21.0 Å². The van der Waals surface area contributed by atoms with Crippen molar-refractivity contribution in [2.24, 2.45) is 0 Å². The van der Waals surface area contributed by atoms with Gasteiger partial charge in [0, 0.05) is 30.2 Å². The van der Waals surface area contributed by atoms with Gasteiger partial charge in [0.15, 0.2) is 11.5 Å². The third-order valence-corrected chi connectivity index (χ3v) is 6.29. The molecule has 0 fully saturated rings. The van der Waals surface area contributed by atoms with Crippen molar-refractivity contribution in [2.45, 2.75) is 6.54 Å². The molecule has 0 saturated heterocycles. The number of hydrogen-bond acceptors (Lipinski definition) is 8. The second-order valence-electron chi connectivity index (χ2n) is 8.84. The molecule has 2 aromatic carbocycles. The lowest BCUT2D eigenvalue weighted by molar-refractivity contribution is 0.0945. The van der Waals surface area contributed by atoms with Crippen LogP contribution in [0.25, 0.3) is 39.5 Å². The van der Waals surface area contributed by atoms with Crippen LogP contribution in [0.15, 0.2) is 97.3 Å². The topological polar surface area (TPSA) is 148 Å². The van der Waals surface area contributed by atoms with Gasteiger partial charge in [-0.2, -0.15) is 5.26 Å². The fourth-order valence-corrected chi connectivity index (χ4v) is 4.33. The Hall–Kier alpha value is -5.95. The Kier molecular flexibility index (Phi) is 6.36. The summed E-state index contributed by atoms with van der Waals surface area (Å²) in [4.78, 5) is 34.4. The maximum absolute atomic E-state index is 12.5. The third kappa shape index (κ3) is 4.70. The van der Waals surface area contributed by atoms with E-state index in [0.29, 0.717) is 22.9 Å². The van der Waals surface area contributed by atoms with Gasteiger partial charge in [-0.1, -0.05) is 42.5 Å². The first-order chi connectivity index (χ1) is 19.6. The van der Waals surface area contributed by atoms with E-state index in [-0.39, 0.29) is 18.1 Å². The van der Waals surface area contributed by atoms with Crippen LogP contribution in [0, 0.1) is 11.3 Å². The summed E-state index contributed by atoms with van der Waals surface area (Å²) in [6.07, 6.45) is 3.03. The molecule has 0 saturated carbocycles. The average Bonchev–Trinajstić information content (AvgIpc) is 3.39. The molecule has 0 spiro atoms. The fraction of sp³-hybridized carbons (Fsp3) is 0.0333. The molecule has 0 atom stereocenters. The van der Waals surface area contributed by atoms with Gasteiger partial charge in [0.25, 0.3) is 5.91 Å². The average molecular weight is 524 g/mol. The minimum absolute atomic E-state index is 0.0568. The first-order valence-corrected chi connectivity index (χ1v) is 12.4. The second kappa shape index (κ2) is 10.4. The molecule has 0 radical (unpaired) electrons. The molecule has 0 aliphatic carbocycles. The van der Waals surface area contributed by atoms with Gasteiger partial charge in [0.1, 0.15) is 23.1 Å². The standard InChI is InChI=1S/C30H21N9O/c31-17-26-33-16-14-25(36-26)30(40)35-18-19-8-10-21(11-9-19)39-28(22-7-4-15-34-27(22)32)38-24-13-12-23(37-29(24)39)20-5-2-1-3-6-20/h1-16H,18H2,(H2,32,34)(H,35,40). The monoisotopic (exact) mass is 523 g/mol. The molecule has 10 nitrogen and oxygen atoms in total. The van der Waals surface area contributed by atoms with Crippen molar-refractivity contribution in [3.63, 3.8) is 0 Å². The van der Waals surface area contributed by atoms with Crippen molar-refractivity contribution in [3.8, 4) is 34.4 Å². The molecule has 192 valence electrons. The van der Waals surface area contributed by atoms with Crippen LogP contribution in [0.1, 0.15) is 21.9 Å². The number of nitrogens with zero attached hydrogens (tertiary/aromatic N) is 7. The number of anilines is 1. The Morgan fingerprint density at radius 1 is 0.875 bits per heavy atom. The maximum atomic E-state index is 12.5. The molecule has 3 N–H and O–H groups in total. The number of imidazole rings is 1. The largest absolute Gasteiger partial charge is 0.383 e. The molecular weight excluding hydrogens is 502 g/mol. The van der Waals surface area contributed by atoms with Gasteiger partial charge >= 0.3 is 0 Å². The minimum Gasteiger partial charge on any atom is -0.383 e. The number of nitrogen functional groups attached to an aromatic ring is 1. The molecule has 4 aromatic heterocycles. The van der Waals surface area contributed by atoms with Gasteiger partial charge < -0.3 is 11.1 Å². The Bertz CT molecular complexity index is 1890. The van der Waals surface area contributed by atoms with Crippen LogP contribution in [0.2, 0.25) is 0 Å². The summed E-state index contributed by atoms with van der Waals surface area (Å²) in [5, 5.41) is 11.8. The Morgan fingerprint density at radius 2 is 1.70 bits per heavy atom. The zero-order valence-electron chi connectivity index (χ0n) is 21.1. The summed E-state index contributed by atoms with van der Waals surface area (Å²) in [6, 6.07) is 28.6. The van der Waals surface area contributed by atoms with Crippen molar-refractivity contribution < 1.29 is 4.79 Å². The first-order valence-electron chi connectivity index (χ1n) is 12.4. The smallest absolute Gasteiger partial charge is 0.270 e. The number of nitriles is 1. The van der Waals surface area contributed by atoms with Crippen LogP contribution in [0.4, 0.5) is 5.82 Å². The summed E-state index contributed by atoms with van der Waals surface area (Å²) in [5.41, 5.74) is 12.0. The van der Waals surface area contributed by atoms with Crippen LogP contribution in [0.5, 0.6) is 0 Å². The molecular formula is C30H21N9O. The van der Waals surface area contributed by atoms with E-state index in [2.05, 4.69) is 20.3 Å². The van der Waals surface area contributed by atoms with Gasteiger partial charge in [0.2, 0.25) is 5.82 Å². The van der Waals surface area contributed by atoms with Crippen LogP contribution in [-0.4, -0.2) is 35.4 Å². The van der Waals surface area contributed by atoms with Crippen molar-refractivity contribution in [3.05, 3.63) is 114 Å². The number of fused-ring (bicyclic) bond motifs is 1. The van der Waals surface area contributed by atoms with Crippen LogP contribution in [0.3, 0.4) is 0 Å². The lowest BCUT2D eigenvalue weighted by Crippen LogP contribution is -2.24. The number of benzene rings is 2. The zero-order valence-corrected chi connectivity index (χ0v) is 21.1. The zero-order chi connectivity index (χ0) is 27.5. The minimum atomic E-state index is -0.393. The number of carbonyl (C=O) groups is 1. The number of nitrogens with one attached hydrogen (secondary N) is 1. The highest BCUT2D eigenvalue weighted by Gasteiger charge is 2.19. The molecule has 0 bridgehead atoms. The van der Waals surface area contributed by atoms with Crippen molar-refractivity contribution in [1.29, 1.82) is 5.26 Å². The maximum Gasteiger partial charge on any atom is 0.270 e. The van der Waals surface area contributed by atoms with Gasteiger partial charge in [-0.25, -0.2) is 24.9 Å². The van der Waals surface area contributed by atoms with Crippen LogP contribution < -0.4 is 11.1 Å². The highest BCUT2D eigenvalue weighted by atomic mass is 16.1. The van der Waals surface area contributed by atoms with E-state index in [1.54, 1.807) is 6.20 Å². The Labute approximate surface area is 228 Å². The molecule has 40 heavy (non-hydrogen) atoms. The lowest BCUT2D eigenvalue weighted by atomic mass is 10.1. The Morgan fingerprint density at radius 3 is 2.48 bits per heavy atom. The van der Waals surface area contributed by atoms with E-state index >= 15 is 0 Å². The summed E-state index contributed by atoms with van der Waals surface area (Å²) in [7, 11) is 0.